The second kappa shape index (κ2) is 8.74. The Hall–Kier alpha value is -4.07. The first-order valence-electron chi connectivity index (χ1n) is 9.76. The lowest BCUT2D eigenvalue weighted by Crippen LogP contribution is -2.08. The van der Waals surface area contributed by atoms with Crippen molar-refractivity contribution in [2.75, 3.05) is 13.2 Å². The molecule has 0 aliphatic carbocycles. The zero-order valence-electron chi connectivity index (χ0n) is 16.6. The highest BCUT2D eigenvalue weighted by Crippen LogP contribution is 2.31. The van der Waals surface area contributed by atoms with Crippen molar-refractivity contribution in [2.45, 2.75) is 13.0 Å². The van der Waals surface area contributed by atoms with Crippen molar-refractivity contribution in [3.8, 4) is 11.5 Å². The van der Waals surface area contributed by atoms with Crippen LogP contribution in [0, 0.1) is 10.1 Å². The SMILES string of the molecule is O=C(O)Cn1c2ccccc2c2ccc(OCCCOc3ccccc3[N+](=O)[O-])cc21. The first-order valence-corrected chi connectivity index (χ1v) is 9.76. The van der Waals surface area contributed by atoms with Crippen molar-refractivity contribution >= 4 is 33.5 Å². The predicted octanol–water partition coefficient (Wildman–Crippen LogP) is 4.64. The van der Waals surface area contributed by atoms with Crippen LogP contribution in [0.15, 0.2) is 66.7 Å². The molecule has 0 fully saturated rings. The number of fused-ring (bicyclic) bond motifs is 3. The number of benzene rings is 3. The molecular weight excluding hydrogens is 400 g/mol. The predicted molar refractivity (Wildman–Crippen MR) is 116 cm³/mol. The second-order valence-electron chi connectivity index (χ2n) is 6.95. The molecular formula is C23H20N2O6. The Labute approximate surface area is 177 Å². The number of hydrogen-bond acceptors (Lipinski definition) is 5. The lowest BCUT2D eigenvalue weighted by Gasteiger charge is -2.09. The average Bonchev–Trinajstić information content (AvgIpc) is 3.06. The molecule has 0 aliphatic heterocycles. The summed E-state index contributed by atoms with van der Waals surface area (Å²) in [7, 11) is 0. The van der Waals surface area contributed by atoms with Crippen LogP contribution in [-0.2, 0) is 11.3 Å². The zero-order valence-corrected chi connectivity index (χ0v) is 16.6. The molecule has 0 aliphatic rings. The van der Waals surface area contributed by atoms with E-state index in [2.05, 4.69) is 0 Å². The maximum atomic E-state index is 11.4. The van der Waals surface area contributed by atoms with Crippen molar-refractivity contribution < 1.29 is 24.3 Å². The van der Waals surface area contributed by atoms with Gasteiger partial charge in [0.2, 0.25) is 0 Å². The summed E-state index contributed by atoms with van der Waals surface area (Å²) in [5.74, 6) is -0.0686. The standard InChI is InChI=1S/C23H20N2O6/c26-23(27)15-24-19-7-2-1-6-17(19)18-11-10-16(14-21(18)24)30-12-5-13-31-22-9-4-3-8-20(22)25(28)29/h1-4,6-11,14H,5,12-13,15H2,(H,26,27). The fourth-order valence-electron chi connectivity index (χ4n) is 3.59. The van der Waals surface area contributed by atoms with E-state index in [1.807, 2.05) is 42.5 Å². The first kappa shape index (κ1) is 20.2. The van der Waals surface area contributed by atoms with E-state index in [4.69, 9.17) is 9.47 Å². The van der Waals surface area contributed by atoms with E-state index in [9.17, 15) is 20.0 Å². The van der Waals surface area contributed by atoms with Crippen LogP contribution in [0.2, 0.25) is 0 Å². The Balaban J connectivity index is 1.44. The fraction of sp³-hybridized carbons (Fsp3) is 0.174. The Kier molecular flexibility index (Phi) is 5.70. The number of aliphatic carboxylic acids is 1. The zero-order chi connectivity index (χ0) is 21.8. The number of rotatable bonds is 9. The third kappa shape index (κ3) is 4.28. The molecule has 0 bridgehead atoms. The highest BCUT2D eigenvalue weighted by Gasteiger charge is 2.14. The molecule has 0 saturated carbocycles. The maximum Gasteiger partial charge on any atom is 0.323 e. The average molecular weight is 420 g/mol. The molecule has 4 rings (SSSR count). The van der Waals surface area contributed by atoms with E-state index in [0.29, 0.717) is 18.8 Å². The Morgan fingerprint density at radius 2 is 1.65 bits per heavy atom. The van der Waals surface area contributed by atoms with Gasteiger partial charge in [0, 0.05) is 34.8 Å². The molecule has 8 nitrogen and oxygen atoms in total. The highest BCUT2D eigenvalue weighted by molar-refractivity contribution is 6.08. The van der Waals surface area contributed by atoms with Crippen molar-refractivity contribution in [3.05, 3.63) is 76.8 Å². The maximum absolute atomic E-state index is 11.4. The van der Waals surface area contributed by atoms with E-state index >= 15 is 0 Å². The van der Waals surface area contributed by atoms with Crippen LogP contribution in [0.25, 0.3) is 21.8 Å². The van der Waals surface area contributed by atoms with E-state index in [1.54, 1.807) is 22.8 Å². The molecule has 1 aromatic heterocycles. The number of carboxylic acid groups (broad SMARTS) is 1. The van der Waals surface area contributed by atoms with Gasteiger partial charge in [-0.05, 0) is 24.3 Å². The van der Waals surface area contributed by atoms with Gasteiger partial charge in [0.05, 0.1) is 23.7 Å². The highest BCUT2D eigenvalue weighted by atomic mass is 16.6. The topological polar surface area (TPSA) is 104 Å². The monoisotopic (exact) mass is 420 g/mol. The molecule has 0 radical (unpaired) electrons. The molecule has 158 valence electrons. The van der Waals surface area contributed by atoms with Crippen LogP contribution in [0.3, 0.4) is 0 Å². The number of nitro benzene ring substituents is 1. The van der Waals surface area contributed by atoms with Crippen LogP contribution in [0.1, 0.15) is 6.42 Å². The number of nitrogens with zero attached hydrogens (tertiary/aromatic N) is 2. The van der Waals surface area contributed by atoms with Crippen molar-refractivity contribution in [1.82, 2.24) is 4.57 Å². The summed E-state index contributed by atoms with van der Waals surface area (Å²) in [5, 5.41) is 22.3. The summed E-state index contributed by atoms with van der Waals surface area (Å²) >= 11 is 0. The molecule has 8 heteroatoms. The summed E-state index contributed by atoms with van der Waals surface area (Å²) in [6.45, 7) is 0.481. The summed E-state index contributed by atoms with van der Waals surface area (Å²) in [4.78, 5) is 21.9. The third-order valence-electron chi connectivity index (χ3n) is 4.92. The third-order valence-corrected chi connectivity index (χ3v) is 4.92. The van der Waals surface area contributed by atoms with Gasteiger partial charge in [-0.25, -0.2) is 0 Å². The van der Waals surface area contributed by atoms with Crippen LogP contribution >= 0.6 is 0 Å². The van der Waals surface area contributed by atoms with Crippen molar-refractivity contribution in [3.63, 3.8) is 0 Å². The van der Waals surface area contributed by atoms with Crippen molar-refractivity contribution in [2.24, 2.45) is 0 Å². The largest absolute Gasteiger partial charge is 0.493 e. The minimum absolute atomic E-state index is 0.0693. The lowest BCUT2D eigenvalue weighted by molar-refractivity contribution is -0.385. The number of para-hydroxylation sites is 3. The fourth-order valence-corrected chi connectivity index (χ4v) is 3.59. The summed E-state index contributed by atoms with van der Waals surface area (Å²) < 4.78 is 13.1. The van der Waals surface area contributed by atoms with Gasteiger partial charge < -0.3 is 19.1 Å². The van der Waals surface area contributed by atoms with Crippen LogP contribution in [0.4, 0.5) is 5.69 Å². The molecule has 0 amide bonds. The van der Waals surface area contributed by atoms with Gasteiger partial charge in [-0.1, -0.05) is 30.3 Å². The number of carbonyl (C=O) groups is 1. The van der Waals surface area contributed by atoms with Gasteiger partial charge in [-0.15, -0.1) is 0 Å². The van der Waals surface area contributed by atoms with Crippen molar-refractivity contribution in [1.29, 1.82) is 0 Å². The van der Waals surface area contributed by atoms with Gasteiger partial charge in [0.25, 0.3) is 0 Å². The van der Waals surface area contributed by atoms with Gasteiger partial charge in [-0.2, -0.15) is 0 Å². The number of aromatic nitrogens is 1. The Bertz CT molecular complexity index is 1260. The first-order chi connectivity index (χ1) is 15.0. The number of hydrogen-bond donors (Lipinski definition) is 1. The second-order valence-corrected chi connectivity index (χ2v) is 6.95. The van der Waals surface area contributed by atoms with E-state index in [0.717, 1.165) is 21.8 Å². The number of nitro groups is 1. The Morgan fingerprint density at radius 1 is 0.935 bits per heavy atom. The Morgan fingerprint density at radius 3 is 2.45 bits per heavy atom. The van der Waals surface area contributed by atoms with E-state index in [1.165, 1.54) is 6.07 Å². The lowest BCUT2D eigenvalue weighted by atomic mass is 10.1. The summed E-state index contributed by atoms with van der Waals surface area (Å²) in [5.41, 5.74) is 1.58. The van der Waals surface area contributed by atoms with Crippen LogP contribution < -0.4 is 9.47 Å². The molecule has 0 spiro atoms. The van der Waals surface area contributed by atoms with Gasteiger partial charge in [0.1, 0.15) is 12.3 Å². The molecule has 0 unspecified atom stereocenters. The van der Waals surface area contributed by atoms with Crippen LogP contribution in [-0.4, -0.2) is 33.8 Å². The molecule has 4 aromatic rings. The number of ether oxygens (including phenoxy) is 2. The quantitative estimate of drug-likeness (QED) is 0.240. The van der Waals surface area contributed by atoms with Gasteiger partial charge in [-0.3, -0.25) is 14.9 Å². The number of carboxylic acids is 1. The smallest absolute Gasteiger partial charge is 0.323 e. The summed E-state index contributed by atoms with van der Waals surface area (Å²) in [6, 6.07) is 19.5. The van der Waals surface area contributed by atoms with E-state index < -0.39 is 10.9 Å². The van der Waals surface area contributed by atoms with Gasteiger partial charge in [0.15, 0.2) is 5.75 Å². The molecule has 0 atom stereocenters. The molecule has 31 heavy (non-hydrogen) atoms. The normalized spacial score (nSPS) is 11.0. The molecule has 0 saturated heterocycles. The summed E-state index contributed by atoms with van der Waals surface area (Å²) in [6.07, 6.45) is 0.530. The minimum Gasteiger partial charge on any atom is -0.493 e. The molecule has 1 heterocycles. The van der Waals surface area contributed by atoms with Gasteiger partial charge >= 0.3 is 11.7 Å². The van der Waals surface area contributed by atoms with E-state index in [-0.39, 0.29) is 24.6 Å². The molecule has 3 aromatic carbocycles. The molecule has 1 N–H and O–H groups in total. The van der Waals surface area contributed by atoms with Crippen LogP contribution in [0.5, 0.6) is 11.5 Å². The minimum atomic E-state index is -0.916.